The monoisotopic (exact) mass is 556 g/mol. The molecule has 0 aromatic rings. The van der Waals surface area contributed by atoms with Crippen molar-refractivity contribution >= 4 is 81.5 Å². The van der Waals surface area contributed by atoms with Crippen LogP contribution in [0.15, 0.2) is 0 Å². The molecule has 38 heavy (non-hydrogen) atoms. The van der Waals surface area contributed by atoms with Crippen LogP contribution in [0.3, 0.4) is 0 Å². The van der Waals surface area contributed by atoms with Crippen LogP contribution in [0.2, 0.25) is 0 Å². The third kappa shape index (κ3) is 24.0. The number of aliphatic carboxylic acids is 3. The maximum atomic E-state index is 10.4. The van der Waals surface area contributed by atoms with Crippen molar-refractivity contribution in [3.63, 3.8) is 0 Å². The Morgan fingerprint density at radius 1 is 0.395 bits per heavy atom. The van der Waals surface area contributed by atoms with Crippen LogP contribution in [0.1, 0.15) is 61.8 Å². The first-order valence-electron chi connectivity index (χ1n) is 10.2. The number of hydrogen-bond donors (Lipinski definition) is 0. The van der Waals surface area contributed by atoms with Gasteiger partial charge in [-0.1, -0.05) is 0 Å². The number of ketones is 8. The number of hydrogen-bond acceptors (Lipinski definition) is 14. The van der Waals surface area contributed by atoms with Crippen molar-refractivity contribution in [3.05, 3.63) is 0 Å². The van der Waals surface area contributed by atoms with Gasteiger partial charge in [-0.05, 0) is 55.4 Å². The third-order valence-corrected chi connectivity index (χ3v) is 3.64. The van der Waals surface area contributed by atoms with Crippen LogP contribution in [0, 0.1) is 17.8 Å². The zero-order chi connectivity index (χ0) is 30.8. The Kier molecular flexibility index (Phi) is 26.2. The first kappa shape index (κ1) is 44.3. The van der Waals surface area contributed by atoms with Crippen LogP contribution < -0.4 is 15.3 Å². The molecular formula is C23H29AlO14. The SMILES string of the molecule is CC(=O)C(C(C)=O)C(=O)[O-].CC(=O)C(C(C)=O)C(=O)[O-].CC(=O)C(C(C)=O)C(=O)[O-].CC(=O)CC(C)=O.[Al+3]. The van der Waals surface area contributed by atoms with E-state index in [9.17, 15) is 68.1 Å². The van der Waals surface area contributed by atoms with E-state index in [2.05, 4.69) is 0 Å². The summed E-state index contributed by atoms with van der Waals surface area (Å²) in [6, 6.07) is 0. The Labute approximate surface area is 229 Å². The van der Waals surface area contributed by atoms with Gasteiger partial charge in [-0.15, -0.1) is 0 Å². The molecule has 0 aromatic heterocycles. The molecule has 0 heterocycles. The average Bonchev–Trinajstić information content (AvgIpc) is 2.58. The molecule has 0 bridgehead atoms. The second kappa shape index (κ2) is 22.5. The summed E-state index contributed by atoms with van der Waals surface area (Å²) in [6.07, 6.45) is 0.0833. The van der Waals surface area contributed by atoms with Crippen LogP contribution in [-0.4, -0.2) is 81.5 Å². The fourth-order valence-corrected chi connectivity index (χ4v) is 2.21. The average molecular weight is 556 g/mol. The quantitative estimate of drug-likeness (QED) is 0.172. The Hall–Kier alpha value is -3.70. The molecule has 0 aromatic carbocycles. The first-order chi connectivity index (χ1) is 16.5. The Morgan fingerprint density at radius 3 is 0.526 bits per heavy atom. The molecule has 0 radical (unpaired) electrons. The molecule has 0 unspecified atom stereocenters. The summed E-state index contributed by atoms with van der Waals surface area (Å²) in [4.78, 5) is 112. The van der Waals surface area contributed by atoms with E-state index in [1.807, 2.05) is 0 Å². The van der Waals surface area contributed by atoms with Gasteiger partial charge < -0.3 is 29.7 Å². The Bertz CT molecular complexity index is 736. The summed E-state index contributed by atoms with van der Waals surface area (Å²) in [6.45, 7) is 9.07. The van der Waals surface area contributed by atoms with E-state index < -0.39 is 70.4 Å². The second-order valence-electron chi connectivity index (χ2n) is 7.50. The van der Waals surface area contributed by atoms with Crippen molar-refractivity contribution < 1.29 is 68.1 Å². The number of rotatable bonds is 11. The van der Waals surface area contributed by atoms with Crippen molar-refractivity contribution in [1.82, 2.24) is 0 Å². The summed E-state index contributed by atoms with van der Waals surface area (Å²) in [7, 11) is 0. The molecule has 0 fully saturated rings. The van der Waals surface area contributed by atoms with E-state index in [0.29, 0.717) is 0 Å². The summed E-state index contributed by atoms with van der Waals surface area (Å²) in [5.41, 5.74) is 0. The molecule has 0 N–H and O–H groups in total. The van der Waals surface area contributed by atoms with Crippen molar-refractivity contribution in [3.8, 4) is 0 Å². The molecule has 0 amide bonds. The number of carboxylic acid groups (broad SMARTS) is 3. The minimum absolute atomic E-state index is 0. The molecular weight excluding hydrogens is 527 g/mol. The molecule has 15 heteroatoms. The fraction of sp³-hybridized carbons (Fsp3) is 0.522. The number of carboxylic acids is 3. The molecule has 0 saturated carbocycles. The zero-order valence-corrected chi connectivity index (χ0v) is 23.4. The van der Waals surface area contributed by atoms with Gasteiger partial charge in [-0.3, -0.25) is 38.4 Å². The predicted molar refractivity (Wildman–Crippen MR) is 121 cm³/mol. The second-order valence-corrected chi connectivity index (χ2v) is 7.50. The molecule has 0 spiro atoms. The van der Waals surface area contributed by atoms with Crippen molar-refractivity contribution in [1.29, 1.82) is 0 Å². The minimum Gasteiger partial charge on any atom is -0.549 e. The standard InChI is InChI=1S/3C6H8O4.C5H8O2.Al/c3*1-3(7)5(4(2)8)6(9)10;1-4(6)3-5(2)7;/h3*5H,1-2H3,(H,9,10);3H2,1-2H3;/q;;;;+3/p-3. The summed E-state index contributed by atoms with van der Waals surface area (Å²) in [5, 5.41) is 30.1. The van der Waals surface area contributed by atoms with Gasteiger partial charge in [0.05, 0.1) is 24.3 Å². The van der Waals surface area contributed by atoms with Crippen molar-refractivity contribution in [2.45, 2.75) is 61.8 Å². The van der Waals surface area contributed by atoms with Gasteiger partial charge in [0, 0.05) is 0 Å². The maximum Gasteiger partial charge on any atom is 3.00 e. The normalized spacial score (nSPS) is 9.03. The van der Waals surface area contributed by atoms with Gasteiger partial charge in [0.25, 0.3) is 0 Å². The largest absolute Gasteiger partial charge is 3.00 e. The van der Waals surface area contributed by atoms with Crippen LogP contribution in [0.25, 0.3) is 0 Å². The molecule has 0 aliphatic rings. The molecule has 0 aliphatic heterocycles. The summed E-state index contributed by atoms with van der Waals surface area (Å²) in [5.74, 6) is -13.9. The van der Waals surface area contributed by atoms with E-state index in [1.54, 1.807) is 0 Å². The summed E-state index contributed by atoms with van der Waals surface area (Å²) < 4.78 is 0. The van der Waals surface area contributed by atoms with Gasteiger partial charge in [0.15, 0.2) is 0 Å². The number of carbonyl (C=O) groups is 11. The zero-order valence-electron chi connectivity index (χ0n) is 22.2. The number of carbonyl (C=O) groups excluding carboxylic acids is 11. The number of Topliss-reactive ketones (excluding diaryl/α,β-unsaturated/α-hetero) is 8. The fourth-order valence-electron chi connectivity index (χ4n) is 2.21. The van der Waals surface area contributed by atoms with Gasteiger partial charge >= 0.3 is 17.4 Å². The Balaban J connectivity index is -0.000000127. The van der Waals surface area contributed by atoms with Crippen LogP contribution >= 0.6 is 0 Å². The van der Waals surface area contributed by atoms with E-state index in [-0.39, 0.29) is 35.3 Å². The third-order valence-electron chi connectivity index (χ3n) is 3.64. The smallest absolute Gasteiger partial charge is 0.549 e. The van der Waals surface area contributed by atoms with Crippen LogP contribution in [0.4, 0.5) is 0 Å². The minimum atomic E-state index is -1.62. The van der Waals surface area contributed by atoms with Gasteiger partial charge in [-0.2, -0.15) is 0 Å². The van der Waals surface area contributed by atoms with E-state index in [1.165, 1.54) is 13.8 Å². The van der Waals surface area contributed by atoms with Gasteiger partial charge in [0.2, 0.25) is 0 Å². The molecule has 14 nitrogen and oxygen atoms in total. The maximum absolute atomic E-state index is 10.4. The predicted octanol–water partition coefficient (Wildman–Crippen LogP) is -4.23. The van der Waals surface area contributed by atoms with Crippen molar-refractivity contribution in [2.75, 3.05) is 0 Å². The molecule has 0 rings (SSSR count). The van der Waals surface area contributed by atoms with Gasteiger partial charge in [0.1, 0.15) is 64.0 Å². The van der Waals surface area contributed by atoms with E-state index in [0.717, 1.165) is 41.5 Å². The summed E-state index contributed by atoms with van der Waals surface area (Å²) >= 11 is 0. The van der Waals surface area contributed by atoms with Gasteiger partial charge in [-0.25, -0.2) is 0 Å². The molecule has 0 atom stereocenters. The van der Waals surface area contributed by atoms with E-state index >= 15 is 0 Å². The van der Waals surface area contributed by atoms with Crippen molar-refractivity contribution in [2.24, 2.45) is 17.8 Å². The molecule has 0 saturated heterocycles. The topological polar surface area (TPSA) is 257 Å². The van der Waals surface area contributed by atoms with E-state index in [4.69, 9.17) is 0 Å². The first-order valence-corrected chi connectivity index (χ1v) is 10.2. The molecule has 0 aliphatic carbocycles. The Morgan fingerprint density at radius 2 is 0.526 bits per heavy atom. The molecule has 208 valence electrons. The van der Waals surface area contributed by atoms with Crippen LogP contribution in [-0.2, 0) is 52.7 Å². The van der Waals surface area contributed by atoms with Crippen LogP contribution in [0.5, 0.6) is 0 Å².